The zero-order chi connectivity index (χ0) is 14.9. The van der Waals surface area contributed by atoms with Gasteiger partial charge in [0.15, 0.2) is 0 Å². The normalized spacial score (nSPS) is 18.4. The molecule has 1 unspecified atom stereocenters. The van der Waals surface area contributed by atoms with Gasteiger partial charge in [0, 0.05) is 25.6 Å². The quantitative estimate of drug-likeness (QED) is 0.834. The molecule has 2 rings (SSSR count). The van der Waals surface area contributed by atoms with Crippen molar-refractivity contribution in [3.63, 3.8) is 0 Å². The summed E-state index contributed by atoms with van der Waals surface area (Å²) in [5.41, 5.74) is 1.22. The zero-order valence-electron chi connectivity index (χ0n) is 13.2. The lowest BCUT2D eigenvalue weighted by Crippen LogP contribution is -2.36. The summed E-state index contributed by atoms with van der Waals surface area (Å²) in [5, 5.41) is 3.52. The molecule has 1 amide bonds. The molecule has 0 bridgehead atoms. The van der Waals surface area contributed by atoms with Crippen LogP contribution in [0.15, 0.2) is 30.3 Å². The number of nitrogens with one attached hydrogen (secondary N) is 1. The topological polar surface area (TPSA) is 32.3 Å². The van der Waals surface area contributed by atoms with Crippen molar-refractivity contribution in [3.8, 4) is 0 Å². The number of hydrogen-bond acceptors (Lipinski definition) is 2. The summed E-state index contributed by atoms with van der Waals surface area (Å²) in [5.74, 6) is 0.299. The Morgan fingerprint density at radius 1 is 1.29 bits per heavy atom. The third kappa shape index (κ3) is 5.50. The molecule has 0 aliphatic carbocycles. The third-order valence-corrected chi connectivity index (χ3v) is 4.18. The summed E-state index contributed by atoms with van der Waals surface area (Å²) in [6.07, 6.45) is 6.47. The van der Waals surface area contributed by atoms with Crippen LogP contribution < -0.4 is 5.32 Å². The van der Waals surface area contributed by atoms with Crippen LogP contribution in [0.5, 0.6) is 0 Å². The van der Waals surface area contributed by atoms with Crippen LogP contribution in [0.3, 0.4) is 0 Å². The highest BCUT2D eigenvalue weighted by Crippen LogP contribution is 2.14. The van der Waals surface area contributed by atoms with E-state index in [1.54, 1.807) is 0 Å². The Labute approximate surface area is 128 Å². The first-order valence-electron chi connectivity index (χ1n) is 8.34. The van der Waals surface area contributed by atoms with Crippen LogP contribution in [-0.4, -0.2) is 29.9 Å². The molecular formula is C18H28N2O. The Kier molecular flexibility index (Phi) is 6.74. The molecule has 0 saturated carbocycles. The van der Waals surface area contributed by atoms with E-state index in [4.69, 9.17) is 0 Å². The van der Waals surface area contributed by atoms with E-state index in [1.165, 1.54) is 24.8 Å². The fraction of sp³-hybridized carbons (Fsp3) is 0.611. The fourth-order valence-corrected chi connectivity index (χ4v) is 2.99. The van der Waals surface area contributed by atoms with Crippen molar-refractivity contribution in [3.05, 3.63) is 35.9 Å². The second kappa shape index (κ2) is 8.83. The predicted molar refractivity (Wildman–Crippen MR) is 87.0 cm³/mol. The lowest BCUT2D eigenvalue weighted by molar-refractivity contribution is -0.132. The first kappa shape index (κ1) is 16.0. The average Bonchev–Trinajstić information content (AvgIpc) is 2.54. The molecule has 0 aromatic heterocycles. The van der Waals surface area contributed by atoms with E-state index in [-0.39, 0.29) is 0 Å². The first-order chi connectivity index (χ1) is 10.3. The maximum Gasteiger partial charge on any atom is 0.222 e. The molecule has 3 nitrogen and oxygen atoms in total. The second-order valence-electron chi connectivity index (χ2n) is 5.99. The van der Waals surface area contributed by atoms with Crippen molar-refractivity contribution in [1.29, 1.82) is 0 Å². The Hall–Kier alpha value is -1.35. The zero-order valence-corrected chi connectivity index (χ0v) is 13.2. The monoisotopic (exact) mass is 288 g/mol. The van der Waals surface area contributed by atoms with Crippen molar-refractivity contribution < 1.29 is 4.79 Å². The van der Waals surface area contributed by atoms with Gasteiger partial charge in [0.2, 0.25) is 5.91 Å². The van der Waals surface area contributed by atoms with Crippen molar-refractivity contribution in [2.24, 2.45) is 0 Å². The molecule has 21 heavy (non-hydrogen) atoms. The third-order valence-electron chi connectivity index (χ3n) is 4.18. The molecule has 1 aromatic rings. The number of carbonyl (C=O) groups excluding carboxylic acids is 1. The molecule has 1 atom stereocenters. The molecule has 1 aromatic carbocycles. The van der Waals surface area contributed by atoms with Crippen LogP contribution in [-0.2, 0) is 11.3 Å². The first-order valence-corrected chi connectivity index (χ1v) is 8.34. The molecule has 1 N–H and O–H groups in total. The van der Waals surface area contributed by atoms with E-state index in [0.717, 1.165) is 32.5 Å². The summed E-state index contributed by atoms with van der Waals surface area (Å²) in [6, 6.07) is 10.8. The van der Waals surface area contributed by atoms with Crippen LogP contribution in [0.1, 0.15) is 51.0 Å². The minimum atomic E-state index is 0.299. The van der Waals surface area contributed by atoms with Gasteiger partial charge in [-0.25, -0.2) is 0 Å². The number of amides is 1. The molecule has 1 saturated heterocycles. The van der Waals surface area contributed by atoms with E-state index >= 15 is 0 Å². The highest BCUT2D eigenvalue weighted by molar-refractivity contribution is 5.76. The number of piperidine rings is 1. The fourth-order valence-electron chi connectivity index (χ4n) is 2.99. The molecular weight excluding hydrogens is 260 g/mol. The van der Waals surface area contributed by atoms with Gasteiger partial charge in [-0.05, 0) is 37.8 Å². The lowest BCUT2D eigenvalue weighted by Gasteiger charge is -2.26. The Morgan fingerprint density at radius 3 is 2.76 bits per heavy atom. The van der Waals surface area contributed by atoms with Gasteiger partial charge in [-0.2, -0.15) is 0 Å². The Balaban J connectivity index is 1.83. The smallest absolute Gasteiger partial charge is 0.222 e. The number of carbonyl (C=O) groups is 1. The van der Waals surface area contributed by atoms with Crippen LogP contribution >= 0.6 is 0 Å². The molecule has 1 fully saturated rings. The summed E-state index contributed by atoms with van der Waals surface area (Å²) in [6.45, 7) is 4.84. The van der Waals surface area contributed by atoms with Crippen LogP contribution in [0.4, 0.5) is 0 Å². The average molecular weight is 288 g/mol. The number of nitrogens with zero attached hydrogens (tertiary/aromatic N) is 1. The van der Waals surface area contributed by atoms with E-state index in [2.05, 4.69) is 24.4 Å². The summed E-state index contributed by atoms with van der Waals surface area (Å²) in [7, 11) is 0. The minimum absolute atomic E-state index is 0.299. The molecule has 116 valence electrons. The highest BCUT2D eigenvalue weighted by Gasteiger charge is 2.17. The standard InChI is InChI=1S/C18H28N2O/c1-2-14-20(15-16-8-4-3-5-9-16)18(21)12-11-17-10-6-7-13-19-17/h3-5,8-9,17,19H,2,6-7,10-15H2,1H3. The van der Waals surface area contributed by atoms with Crippen LogP contribution in [0.2, 0.25) is 0 Å². The number of rotatable bonds is 7. The molecule has 0 radical (unpaired) electrons. The van der Waals surface area contributed by atoms with Crippen molar-refractivity contribution in [2.75, 3.05) is 13.1 Å². The summed E-state index contributed by atoms with van der Waals surface area (Å²) in [4.78, 5) is 14.5. The molecule has 1 aliphatic heterocycles. The van der Waals surface area contributed by atoms with E-state index in [0.29, 0.717) is 18.4 Å². The van der Waals surface area contributed by atoms with Gasteiger partial charge >= 0.3 is 0 Å². The van der Waals surface area contributed by atoms with Gasteiger partial charge in [0.05, 0.1) is 0 Å². The van der Waals surface area contributed by atoms with E-state index in [1.807, 2.05) is 23.1 Å². The highest BCUT2D eigenvalue weighted by atomic mass is 16.2. The number of hydrogen-bond donors (Lipinski definition) is 1. The maximum absolute atomic E-state index is 12.5. The Morgan fingerprint density at radius 2 is 2.10 bits per heavy atom. The maximum atomic E-state index is 12.5. The van der Waals surface area contributed by atoms with Crippen molar-refractivity contribution in [1.82, 2.24) is 10.2 Å². The number of benzene rings is 1. The van der Waals surface area contributed by atoms with Crippen molar-refractivity contribution >= 4 is 5.91 Å². The van der Waals surface area contributed by atoms with Gasteiger partial charge in [-0.1, -0.05) is 43.7 Å². The van der Waals surface area contributed by atoms with Gasteiger partial charge in [-0.3, -0.25) is 4.79 Å². The Bertz CT molecular complexity index is 412. The van der Waals surface area contributed by atoms with Gasteiger partial charge in [0.25, 0.3) is 0 Å². The summed E-state index contributed by atoms with van der Waals surface area (Å²) >= 11 is 0. The minimum Gasteiger partial charge on any atom is -0.338 e. The lowest BCUT2D eigenvalue weighted by atomic mass is 10.00. The largest absolute Gasteiger partial charge is 0.338 e. The van der Waals surface area contributed by atoms with Crippen LogP contribution in [0.25, 0.3) is 0 Å². The van der Waals surface area contributed by atoms with Crippen molar-refractivity contribution in [2.45, 2.75) is 58.0 Å². The molecule has 1 heterocycles. The second-order valence-corrected chi connectivity index (χ2v) is 5.99. The molecule has 0 spiro atoms. The SMILES string of the molecule is CCCN(Cc1ccccc1)C(=O)CCC1CCCCN1. The van der Waals surface area contributed by atoms with Gasteiger partial charge in [0.1, 0.15) is 0 Å². The van der Waals surface area contributed by atoms with E-state index in [9.17, 15) is 4.79 Å². The van der Waals surface area contributed by atoms with Gasteiger partial charge < -0.3 is 10.2 Å². The molecule has 3 heteroatoms. The predicted octanol–water partition coefficient (Wildman–Crippen LogP) is 3.35. The van der Waals surface area contributed by atoms with E-state index < -0.39 is 0 Å². The van der Waals surface area contributed by atoms with Gasteiger partial charge in [-0.15, -0.1) is 0 Å². The summed E-state index contributed by atoms with van der Waals surface area (Å²) < 4.78 is 0. The molecule has 1 aliphatic rings. The van der Waals surface area contributed by atoms with Crippen LogP contribution in [0, 0.1) is 0 Å².